The number of hydrogen-bond acceptors (Lipinski definition) is 3. The highest BCUT2D eigenvalue weighted by atomic mass is 79.9. The van der Waals surface area contributed by atoms with Gasteiger partial charge in [0.25, 0.3) is 0 Å². The number of ether oxygens (including phenoxy) is 1. The van der Waals surface area contributed by atoms with Crippen LogP contribution in [-0.2, 0) is 0 Å². The Kier molecular flexibility index (Phi) is 5.25. The van der Waals surface area contributed by atoms with Crippen molar-refractivity contribution in [3.05, 3.63) is 27.7 Å². The molecule has 1 aromatic carbocycles. The van der Waals surface area contributed by atoms with Gasteiger partial charge in [0.2, 0.25) is 0 Å². The first-order valence-electron chi connectivity index (χ1n) is 6.93. The van der Waals surface area contributed by atoms with E-state index in [0.29, 0.717) is 6.04 Å². The van der Waals surface area contributed by atoms with Gasteiger partial charge in [-0.1, -0.05) is 15.9 Å². The van der Waals surface area contributed by atoms with Crippen LogP contribution in [0.1, 0.15) is 24.0 Å². The fourth-order valence-electron chi connectivity index (χ4n) is 2.58. The van der Waals surface area contributed by atoms with Gasteiger partial charge in [-0.25, -0.2) is 0 Å². The normalized spacial score (nSPS) is 17.7. The summed E-state index contributed by atoms with van der Waals surface area (Å²) in [5.41, 5.74) is 8.28. The van der Waals surface area contributed by atoms with E-state index in [1.807, 2.05) is 0 Å². The summed E-state index contributed by atoms with van der Waals surface area (Å²) in [4.78, 5) is 2.44. The van der Waals surface area contributed by atoms with Crippen LogP contribution in [0.4, 0.5) is 0 Å². The van der Waals surface area contributed by atoms with E-state index in [-0.39, 0.29) is 0 Å². The molecule has 0 unspecified atom stereocenters. The molecule has 1 aromatic rings. The van der Waals surface area contributed by atoms with Gasteiger partial charge in [0.05, 0.1) is 0 Å². The van der Waals surface area contributed by atoms with Crippen LogP contribution in [0.15, 0.2) is 16.6 Å². The summed E-state index contributed by atoms with van der Waals surface area (Å²) < 4.78 is 7.07. The zero-order valence-electron chi connectivity index (χ0n) is 11.8. The molecule has 1 aliphatic heterocycles. The molecule has 4 heteroatoms. The third-order valence-electron chi connectivity index (χ3n) is 3.71. The molecular formula is C15H23BrN2O. The maximum absolute atomic E-state index is 5.96. The van der Waals surface area contributed by atoms with Crippen molar-refractivity contribution in [2.45, 2.75) is 32.7 Å². The minimum atomic E-state index is 0.396. The molecule has 0 amide bonds. The topological polar surface area (TPSA) is 38.5 Å². The van der Waals surface area contributed by atoms with Crippen LogP contribution >= 0.6 is 15.9 Å². The summed E-state index contributed by atoms with van der Waals surface area (Å²) in [6, 6.07) is 4.60. The highest BCUT2D eigenvalue weighted by molar-refractivity contribution is 9.10. The lowest BCUT2D eigenvalue weighted by atomic mass is 10.1. The van der Waals surface area contributed by atoms with E-state index in [1.165, 1.54) is 11.1 Å². The predicted molar refractivity (Wildman–Crippen MR) is 82.8 cm³/mol. The quantitative estimate of drug-likeness (QED) is 0.924. The molecular weight excluding hydrogens is 304 g/mol. The third-order valence-corrected chi connectivity index (χ3v) is 4.17. The average molecular weight is 327 g/mol. The molecule has 0 atom stereocenters. The second-order valence-corrected chi connectivity index (χ2v) is 6.31. The van der Waals surface area contributed by atoms with E-state index in [4.69, 9.17) is 10.5 Å². The molecule has 0 radical (unpaired) electrons. The van der Waals surface area contributed by atoms with Gasteiger partial charge in [-0.2, -0.15) is 0 Å². The van der Waals surface area contributed by atoms with Gasteiger partial charge in [0.1, 0.15) is 12.4 Å². The van der Waals surface area contributed by atoms with Crippen molar-refractivity contribution in [1.29, 1.82) is 0 Å². The van der Waals surface area contributed by atoms with Gasteiger partial charge in [0.15, 0.2) is 0 Å². The van der Waals surface area contributed by atoms with Crippen LogP contribution in [0.3, 0.4) is 0 Å². The number of nitrogens with zero attached hydrogens (tertiary/aromatic N) is 1. The summed E-state index contributed by atoms with van der Waals surface area (Å²) in [5, 5.41) is 0. The molecule has 2 rings (SSSR count). The number of rotatable bonds is 4. The first kappa shape index (κ1) is 14.8. The molecule has 19 heavy (non-hydrogen) atoms. The standard InChI is InChI=1S/C15H23BrN2O/c1-11-9-13(16)10-12(2)15(11)19-8-7-18-5-3-14(17)4-6-18/h9-10,14H,3-8,17H2,1-2H3. The van der Waals surface area contributed by atoms with Crippen LogP contribution in [-0.4, -0.2) is 37.2 Å². The molecule has 1 saturated heterocycles. The molecule has 0 bridgehead atoms. The van der Waals surface area contributed by atoms with Crippen molar-refractivity contribution in [2.24, 2.45) is 5.73 Å². The third kappa shape index (κ3) is 4.20. The van der Waals surface area contributed by atoms with Crippen LogP contribution in [0.2, 0.25) is 0 Å². The van der Waals surface area contributed by atoms with Gasteiger partial charge in [-0.05, 0) is 63.0 Å². The lowest BCUT2D eigenvalue weighted by molar-refractivity contribution is 0.173. The number of hydrogen-bond donors (Lipinski definition) is 1. The van der Waals surface area contributed by atoms with E-state index < -0.39 is 0 Å². The van der Waals surface area contributed by atoms with Gasteiger partial charge in [0, 0.05) is 17.1 Å². The fraction of sp³-hybridized carbons (Fsp3) is 0.600. The van der Waals surface area contributed by atoms with E-state index in [0.717, 1.165) is 49.3 Å². The first-order valence-corrected chi connectivity index (χ1v) is 7.73. The number of benzene rings is 1. The largest absolute Gasteiger partial charge is 0.492 e. The molecule has 1 aliphatic rings. The Morgan fingerprint density at radius 2 is 1.84 bits per heavy atom. The lowest BCUT2D eigenvalue weighted by Gasteiger charge is -2.30. The van der Waals surface area contributed by atoms with Crippen molar-refractivity contribution in [1.82, 2.24) is 4.90 Å². The van der Waals surface area contributed by atoms with Crippen LogP contribution in [0.5, 0.6) is 5.75 Å². The van der Waals surface area contributed by atoms with Crippen LogP contribution in [0.25, 0.3) is 0 Å². The van der Waals surface area contributed by atoms with E-state index in [9.17, 15) is 0 Å². The summed E-state index contributed by atoms with van der Waals surface area (Å²) in [6.07, 6.45) is 2.21. The Morgan fingerprint density at radius 3 is 2.42 bits per heavy atom. The minimum Gasteiger partial charge on any atom is -0.492 e. The van der Waals surface area contributed by atoms with Gasteiger partial charge in [-0.3, -0.25) is 4.90 Å². The van der Waals surface area contributed by atoms with Crippen molar-refractivity contribution in [3.63, 3.8) is 0 Å². The second kappa shape index (κ2) is 6.73. The first-order chi connectivity index (χ1) is 9.06. The molecule has 1 heterocycles. The van der Waals surface area contributed by atoms with Crippen LogP contribution < -0.4 is 10.5 Å². The lowest BCUT2D eigenvalue weighted by Crippen LogP contribution is -2.41. The Labute approximate surface area is 124 Å². The summed E-state index contributed by atoms with van der Waals surface area (Å²) in [7, 11) is 0. The highest BCUT2D eigenvalue weighted by Crippen LogP contribution is 2.27. The monoisotopic (exact) mass is 326 g/mol. The Balaban J connectivity index is 1.83. The molecule has 2 N–H and O–H groups in total. The molecule has 3 nitrogen and oxygen atoms in total. The van der Waals surface area contributed by atoms with Crippen molar-refractivity contribution < 1.29 is 4.74 Å². The van der Waals surface area contributed by atoms with E-state index in [1.54, 1.807) is 0 Å². The van der Waals surface area contributed by atoms with Crippen molar-refractivity contribution >= 4 is 15.9 Å². The van der Waals surface area contributed by atoms with Gasteiger partial charge < -0.3 is 10.5 Å². The van der Waals surface area contributed by atoms with Gasteiger partial charge in [-0.15, -0.1) is 0 Å². The molecule has 1 fully saturated rings. The molecule has 106 valence electrons. The van der Waals surface area contributed by atoms with Crippen LogP contribution in [0, 0.1) is 13.8 Å². The zero-order valence-corrected chi connectivity index (χ0v) is 13.4. The number of halogens is 1. The Hall–Kier alpha value is -0.580. The van der Waals surface area contributed by atoms with Crippen molar-refractivity contribution in [3.8, 4) is 5.75 Å². The van der Waals surface area contributed by atoms with E-state index in [2.05, 4.69) is 46.8 Å². The summed E-state index contributed by atoms with van der Waals surface area (Å²) in [5.74, 6) is 1.02. The smallest absolute Gasteiger partial charge is 0.125 e. The fourth-order valence-corrected chi connectivity index (χ4v) is 3.27. The summed E-state index contributed by atoms with van der Waals surface area (Å²) >= 11 is 3.51. The van der Waals surface area contributed by atoms with Crippen molar-refractivity contribution in [2.75, 3.05) is 26.2 Å². The number of piperidine rings is 1. The maximum atomic E-state index is 5.96. The predicted octanol–water partition coefficient (Wildman–Crippen LogP) is 2.87. The van der Waals surface area contributed by atoms with E-state index >= 15 is 0 Å². The molecule has 0 aliphatic carbocycles. The Morgan fingerprint density at radius 1 is 1.26 bits per heavy atom. The highest BCUT2D eigenvalue weighted by Gasteiger charge is 2.15. The molecule has 0 spiro atoms. The summed E-state index contributed by atoms with van der Waals surface area (Å²) in [6.45, 7) is 8.12. The minimum absolute atomic E-state index is 0.396. The maximum Gasteiger partial charge on any atom is 0.125 e. The zero-order chi connectivity index (χ0) is 13.8. The number of nitrogens with two attached hydrogens (primary N) is 1. The Bertz CT molecular complexity index is 405. The molecule has 0 saturated carbocycles. The number of aryl methyl sites for hydroxylation is 2. The van der Waals surface area contributed by atoms with Gasteiger partial charge >= 0.3 is 0 Å². The SMILES string of the molecule is Cc1cc(Br)cc(C)c1OCCN1CCC(N)CC1. The molecule has 0 aromatic heterocycles. The average Bonchev–Trinajstić information content (AvgIpc) is 2.34. The second-order valence-electron chi connectivity index (χ2n) is 5.40. The number of likely N-dealkylation sites (tertiary alicyclic amines) is 1.